The minimum atomic E-state index is 0.557. The van der Waals surface area contributed by atoms with Gasteiger partial charge in [0.15, 0.2) is 0 Å². The largest absolute Gasteiger partial charge is 0.493 e. The minimum Gasteiger partial charge on any atom is -0.493 e. The standard InChI is InChI=1S/C38H40N2O2S3/c1-5-7-8-26(4)24-42-30-15-11-28(12-16-30)34-20-22-36(44-34)32-18-17-31(37-38(32)40-45-39-37)35-21-19-33(43-35)27-9-13-29(14-10-27)41-23-25(3)6-2/h9-22,25-26H,5-8,23-24H2,1-4H3. The Morgan fingerprint density at radius 1 is 0.578 bits per heavy atom. The molecule has 0 N–H and O–H groups in total. The van der Waals surface area contributed by atoms with Crippen LogP contribution in [0.5, 0.6) is 11.5 Å². The minimum absolute atomic E-state index is 0.557. The fraction of sp³-hybridized carbons (Fsp3) is 0.316. The predicted octanol–water partition coefficient (Wildman–Crippen LogP) is 12.1. The van der Waals surface area contributed by atoms with Crippen molar-refractivity contribution in [3.8, 4) is 53.3 Å². The van der Waals surface area contributed by atoms with Crippen molar-refractivity contribution in [1.29, 1.82) is 0 Å². The Kier molecular flexibility index (Phi) is 10.3. The number of benzene rings is 3. The second kappa shape index (κ2) is 14.7. The summed E-state index contributed by atoms with van der Waals surface area (Å²) >= 11 is 4.86. The number of hydrogen-bond donors (Lipinski definition) is 0. The van der Waals surface area contributed by atoms with Gasteiger partial charge in [-0.1, -0.05) is 59.1 Å². The fourth-order valence-corrected chi connectivity index (χ4v) is 7.85. The maximum atomic E-state index is 6.05. The van der Waals surface area contributed by atoms with Crippen LogP contribution < -0.4 is 9.47 Å². The molecule has 0 bridgehead atoms. The molecule has 3 aromatic carbocycles. The average molecular weight is 653 g/mol. The summed E-state index contributed by atoms with van der Waals surface area (Å²) in [4.78, 5) is 4.85. The third kappa shape index (κ3) is 7.49. The molecule has 0 aliphatic rings. The molecule has 0 aliphatic carbocycles. The maximum absolute atomic E-state index is 6.05. The molecule has 0 aliphatic heterocycles. The first-order chi connectivity index (χ1) is 22.0. The van der Waals surface area contributed by atoms with Gasteiger partial charge in [0.2, 0.25) is 0 Å². The topological polar surface area (TPSA) is 44.2 Å². The summed E-state index contributed by atoms with van der Waals surface area (Å²) in [5, 5.41) is 0. The van der Waals surface area contributed by atoms with E-state index in [1.807, 2.05) is 0 Å². The van der Waals surface area contributed by atoms with Gasteiger partial charge in [-0.15, -0.1) is 22.7 Å². The lowest BCUT2D eigenvalue weighted by Gasteiger charge is -2.12. The summed E-state index contributed by atoms with van der Waals surface area (Å²) in [6, 6.07) is 30.1. The first-order valence-electron chi connectivity index (χ1n) is 15.9. The molecule has 6 rings (SSSR count). The van der Waals surface area contributed by atoms with Gasteiger partial charge in [0, 0.05) is 30.6 Å². The molecular weight excluding hydrogens is 613 g/mol. The Morgan fingerprint density at radius 3 is 1.51 bits per heavy atom. The second-order valence-electron chi connectivity index (χ2n) is 11.9. The Labute approximate surface area is 279 Å². The van der Waals surface area contributed by atoms with Crippen LogP contribution in [0.25, 0.3) is 52.8 Å². The molecule has 45 heavy (non-hydrogen) atoms. The quantitative estimate of drug-likeness (QED) is 0.117. The van der Waals surface area contributed by atoms with Crippen molar-refractivity contribution >= 4 is 45.4 Å². The number of unbranched alkanes of at least 4 members (excludes halogenated alkanes) is 1. The van der Waals surface area contributed by atoms with Crippen molar-refractivity contribution in [3.05, 3.63) is 84.9 Å². The van der Waals surface area contributed by atoms with Gasteiger partial charge in [0.1, 0.15) is 22.5 Å². The highest BCUT2D eigenvalue weighted by molar-refractivity contribution is 7.19. The highest BCUT2D eigenvalue weighted by Crippen LogP contribution is 2.42. The van der Waals surface area contributed by atoms with Crippen LogP contribution in [0.3, 0.4) is 0 Å². The van der Waals surface area contributed by atoms with E-state index in [0.717, 1.165) is 53.3 Å². The van der Waals surface area contributed by atoms with Crippen LogP contribution in [0.15, 0.2) is 84.9 Å². The number of rotatable bonds is 14. The maximum Gasteiger partial charge on any atom is 0.119 e. The van der Waals surface area contributed by atoms with E-state index in [-0.39, 0.29) is 0 Å². The number of ether oxygens (including phenoxy) is 2. The zero-order chi connectivity index (χ0) is 31.2. The summed E-state index contributed by atoms with van der Waals surface area (Å²) in [7, 11) is 0. The van der Waals surface area contributed by atoms with Crippen molar-refractivity contribution < 1.29 is 9.47 Å². The van der Waals surface area contributed by atoms with Gasteiger partial charge in [-0.3, -0.25) is 0 Å². The third-order valence-electron chi connectivity index (χ3n) is 8.25. The summed E-state index contributed by atoms with van der Waals surface area (Å²) in [6.07, 6.45) is 4.83. The fourth-order valence-electron chi connectivity index (χ4n) is 5.20. The lowest BCUT2D eigenvalue weighted by molar-refractivity contribution is 0.250. The number of aromatic nitrogens is 2. The van der Waals surface area contributed by atoms with Crippen LogP contribution in [0.2, 0.25) is 0 Å². The van der Waals surface area contributed by atoms with E-state index in [0.29, 0.717) is 11.8 Å². The summed E-state index contributed by atoms with van der Waals surface area (Å²) in [5.41, 5.74) is 6.57. The Morgan fingerprint density at radius 2 is 1.04 bits per heavy atom. The second-order valence-corrected chi connectivity index (χ2v) is 14.6. The molecule has 3 heterocycles. The molecule has 0 radical (unpaired) electrons. The zero-order valence-corrected chi connectivity index (χ0v) is 28.9. The lowest BCUT2D eigenvalue weighted by Crippen LogP contribution is -2.08. The smallest absolute Gasteiger partial charge is 0.119 e. The Hall–Kier alpha value is -3.52. The van der Waals surface area contributed by atoms with Crippen LogP contribution in [0.1, 0.15) is 53.4 Å². The van der Waals surface area contributed by atoms with Crippen molar-refractivity contribution in [1.82, 2.24) is 8.75 Å². The molecule has 0 saturated carbocycles. The highest BCUT2D eigenvalue weighted by atomic mass is 32.1. The number of fused-ring (bicyclic) bond motifs is 1. The molecule has 232 valence electrons. The van der Waals surface area contributed by atoms with Crippen LogP contribution >= 0.6 is 34.4 Å². The van der Waals surface area contributed by atoms with Gasteiger partial charge < -0.3 is 9.47 Å². The summed E-state index contributed by atoms with van der Waals surface area (Å²) < 4.78 is 21.5. The van der Waals surface area contributed by atoms with Crippen molar-refractivity contribution in [2.24, 2.45) is 11.8 Å². The van der Waals surface area contributed by atoms with Gasteiger partial charge >= 0.3 is 0 Å². The van der Waals surface area contributed by atoms with E-state index >= 15 is 0 Å². The van der Waals surface area contributed by atoms with E-state index in [9.17, 15) is 0 Å². The van der Waals surface area contributed by atoms with Crippen molar-refractivity contribution in [3.63, 3.8) is 0 Å². The molecule has 0 saturated heterocycles. The molecule has 7 heteroatoms. The summed E-state index contributed by atoms with van der Waals surface area (Å²) in [6.45, 7) is 10.4. The normalized spacial score (nSPS) is 12.8. The predicted molar refractivity (Wildman–Crippen MR) is 194 cm³/mol. The highest BCUT2D eigenvalue weighted by Gasteiger charge is 2.17. The molecule has 0 spiro atoms. The zero-order valence-electron chi connectivity index (χ0n) is 26.4. The van der Waals surface area contributed by atoms with E-state index in [2.05, 4.69) is 113 Å². The van der Waals surface area contributed by atoms with Gasteiger partial charge in [-0.25, -0.2) is 0 Å². The van der Waals surface area contributed by atoms with E-state index in [1.54, 1.807) is 22.7 Å². The van der Waals surface area contributed by atoms with Gasteiger partial charge in [-0.05, 0) is 102 Å². The van der Waals surface area contributed by atoms with Crippen LogP contribution in [-0.4, -0.2) is 22.0 Å². The monoisotopic (exact) mass is 652 g/mol. The average Bonchev–Trinajstić information content (AvgIpc) is 3.87. The third-order valence-corrected chi connectivity index (χ3v) is 11.1. The molecule has 0 amide bonds. The van der Waals surface area contributed by atoms with Crippen LogP contribution in [0.4, 0.5) is 0 Å². The van der Waals surface area contributed by atoms with Gasteiger partial charge in [-0.2, -0.15) is 8.75 Å². The Bertz CT molecular complexity index is 1820. The van der Waals surface area contributed by atoms with E-state index in [4.69, 9.17) is 18.2 Å². The van der Waals surface area contributed by atoms with E-state index in [1.165, 1.54) is 61.6 Å². The van der Waals surface area contributed by atoms with Crippen LogP contribution in [0, 0.1) is 11.8 Å². The number of thiophene rings is 2. The molecule has 2 unspecified atom stereocenters. The van der Waals surface area contributed by atoms with Crippen molar-refractivity contribution in [2.75, 3.05) is 13.2 Å². The summed E-state index contributed by atoms with van der Waals surface area (Å²) in [5.74, 6) is 2.99. The van der Waals surface area contributed by atoms with Gasteiger partial charge in [0.05, 0.1) is 24.9 Å². The molecule has 0 fully saturated rings. The van der Waals surface area contributed by atoms with Crippen LogP contribution in [-0.2, 0) is 0 Å². The SMILES string of the molecule is CCCCC(C)COc1ccc(-c2ccc(-c3ccc(-c4ccc(-c5ccc(OCC(C)CC)cc5)s4)c4nsnc34)s2)cc1. The molecule has 2 atom stereocenters. The molecule has 6 aromatic rings. The Balaban J connectivity index is 1.16. The molecular formula is C38H40N2O2S3. The molecule has 3 aromatic heterocycles. The molecule has 4 nitrogen and oxygen atoms in total. The van der Waals surface area contributed by atoms with Gasteiger partial charge in [0.25, 0.3) is 0 Å². The first kappa shape index (κ1) is 31.5. The van der Waals surface area contributed by atoms with Crippen molar-refractivity contribution in [2.45, 2.75) is 53.4 Å². The number of nitrogens with zero attached hydrogens (tertiary/aromatic N) is 2. The van der Waals surface area contributed by atoms with E-state index < -0.39 is 0 Å². The number of hydrogen-bond acceptors (Lipinski definition) is 7. The first-order valence-corrected chi connectivity index (χ1v) is 18.3. The lowest BCUT2D eigenvalue weighted by atomic mass is 10.1.